The molecule has 3 unspecified atom stereocenters. The van der Waals surface area contributed by atoms with Crippen molar-refractivity contribution >= 4 is 11.8 Å². The highest BCUT2D eigenvalue weighted by Crippen LogP contribution is 2.48. The Morgan fingerprint density at radius 1 is 1.21 bits per heavy atom. The number of hydrogen-bond acceptors (Lipinski definition) is 3. The lowest BCUT2D eigenvalue weighted by atomic mass is 9.75. The lowest BCUT2D eigenvalue weighted by Gasteiger charge is -2.43. The number of ether oxygens (including phenoxy) is 1. The average Bonchev–Trinajstić information content (AvgIpc) is 3.00. The lowest BCUT2D eigenvalue weighted by molar-refractivity contribution is -0.140. The summed E-state index contributed by atoms with van der Waals surface area (Å²) in [5, 5.41) is 5.91. The summed E-state index contributed by atoms with van der Waals surface area (Å²) in [6.45, 7) is 4.43. The van der Waals surface area contributed by atoms with Crippen molar-refractivity contribution in [3.05, 3.63) is 59.4 Å². The molecule has 2 aliphatic rings. The van der Waals surface area contributed by atoms with Gasteiger partial charge in [0, 0.05) is 30.0 Å². The van der Waals surface area contributed by atoms with Crippen molar-refractivity contribution < 1.29 is 27.5 Å². The quantitative estimate of drug-likeness (QED) is 0.717. The van der Waals surface area contributed by atoms with E-state index in [-0.39, 0.29) is 48.5 Å². The standard InChI is InChI=1S/C25H27F3N2O3/c1-3-29-24(32)20-7-14(2)25(13-33-12-22(31)30-25)21(20)10-15-5-4-6-19(23(15)28)16-8-17(26)11-18(27)9-16/h4-6,8-9,11,14,20-21H,3,7,10,12-13H2,1-2H3,(H,29,32)(H,30,31)/t14-,20?,21?,25?/m1/s1. The lowest BCUT2D eigenvalue weighted by Crippen LogP contribution is -2.63. The molecule has 8 heteroatoms. The summed E-state index contributed by atoms with van der Waals surface area (Å²) in [6.07, 6.45) is 0.684. The molecule has 2 aromatic rings. The Balaban J connectivity index is 1.74. The van der Waals surface area contributed by atoms with Gasteiger partial charge in [-0.3, -0.25) is 9.59 Å². The number of carbonyl (C=O) groups excluding carboxylic acids is 2. The third kappa shape index (κ3) is 4.36. The van der Waals surface area contributed by atoms with Crippen LogP contribution < -0.4 is 10.6 Å². The van der Waals surface area contributed by atoms with Crippen LogP contribution in [-0.4, -0.2) is 37.1 Å². The number of amides is 2. The van der Waals surface area contributed by atoms with Gasteiger partial charge >= 0.3 is 0 Å². The molecule has 1 saturated carbocycles. The van der Waals surface area contributed by atoms with Gasteiger partial charge in [0.05, 0.1) is 12.1 Å². The highest BCUT2D eigenvalue weighted by molar-refractivity contribution is 5.82. The first-order valence-electron chi connectivity index (χ1n) is 11.2. The molecule has 0 bridgehead atoms. The zero-order chi connectivity index (χ0) is 23.8. The summed E-state index contributed by atoms with van der Waals surface area (Å²) in [6, 6.07) is 7.59. The highest BCUT2D eigenvalue weighted by atomic mass is 19.1. The van der Waals surface area contributed by atoms with E-state index in [2.05, 4.69) is 10.6 Å². The molecular formula is C25H27F3N2O3. The second-order valence-corrected chi connectivity index (χ2v) is 8.97. The van der Waals surface area contributed by atoms with Gasteiger partial charge in [0.25, 0.3) is 0 Å². The van der Waals surface area contributed by atoms with E-state index in [9.17, 15) is 18.4 Å². The average molecular weight is 460 g/mol. The Morgan fingerprint density at radius 2 is 1.94 bits per heavy atom. The minimum absolute atomic E-state index is 0.0536. The van der Waals surface area contributed by atoms with Crippen LogP contribution in [-0.2, 0) is 20.7 Å². The SMILES string of the molecule is CCNC(=O)C1C[C@@H](C)C2(COCC(=O)N2)C1Cc1cccc(-c2cc(F)cc(F)c2)c1F. The number of nitrogens with one attached hydrogen (secondary N) is 2. The predicted molar refractivity (Wildman–Crippen MR) is 117 cm³/mol. The van der Waals surface area contributed by atoms with Gasteiger partial charge in [0.15, 0.2) is 0 Å². The van der Waals surface area contributed by atoms with Crippen LogP contribution in [0.15, 0.2) is 36.4 Å². The van der Waals surface area contributed by atoms with Crippen LogP contribution in [0.25, 0.3) is 11.1 Å². The zero-order valence-electron chi connectivity index (χ0n) is 18.6. The zero-order valence-corrected chi connectivity index (χ0v) is 18.6. The third-order valence-corrected chi connectivity index (χ3v) is 6.96. The molecule has 33 heavy (non-hydrogen) atoms. The Morgan fingerprint density at radius 3 is 2.61 bits per heavy atom. The van der Waals surface area contributed by atoms with Crippen molar-refractivity contribution in [3.8, 4) is 11.1 Å². The van der Waals surface area contributed by atoms with Crippen molar-refractivity contribution in [2.75, 3.05) is 19.8 Å². The van der Waals surface area contributed by atoms with Crippen LogP contribution in [0.2, 0.25) is 0 Å². The number of hydrogen-bond donors (Lipinski definition) is 2. The van der Waals surface area contributed by atoms with Crippen molar-refractivity contribution in [1.29, 1.82) is 0 Å². The van der Waals surface area contributed by atoms with E-state index in [1.165, 1.54) is 6.07 Å². The molecule has 1 spiro atoms. The molecule has 4 rings (SSSR count). The molecule has 1 heterocycles. The molecule has 2 amide bonds. The van der Waals surface area contributed by atoms with Gasteiger partial charge in [-0.25, -0.2) is 13.2 Å². The molecule has 2 aromatic carbocycles. The summed E-state index contributed by atoms with van der Waals surface area (Å²) in [5.74, 6) is -3.53. The van der Waals surface area contributed by atoms with Crippen LogP contribution in [0, 0.1) is 35.2 Å². The molecule has 176 valence electrons. The number of carbonyl (C=O) groups is 2. The second-order valence-electron chi connectivity index (χ2n) is 8.97. The number of rotatable bonds is 5. The predicted octanol–water partition coefficient (Wildman–Crippen LogP) is 3.61. The summed E-state index contributed by atoms with van der Waals surface area (Å²) in [4.78, 5) is 25.2. The van der Waals surface area contributed by atoms with Crippen molar-refractivity contribution in [3.63, 3.8) is 0 Å². The molecule has 5 nitrogen and oxygen atoms in total. The monoisotopic (exact) mass is 460 g/mol. The van der Waals surface area contributed by atoms with Crippen molar-refractivity contribution in [2.45, 2.75) is 32.2 Å². The van der Waals surface area contributed by atoms with Crippen molar-refractivity contribution in [2.24, 2.45) is 17.8 Å². The summed E-state index contributed by atoms with van der Waals surface area (Å²) < 4.78 is 48.7. The van der Waals surface area contributed by atoms with Gasteiger partial charge < -0.3 is 15.4 Å². The van der Waals surface area contributed by atoms with Gasteiger partial charge in [-0.15, -0.1) is 0 Å². The van der Waals surface area contributed by atoms with Gasteiger partial charge in [-0.05, 0) is 48.9 Å². The number of halogens is 3. The van der Waals surface area contributed by atoms with Gasteiger partial charge in [-0.2, -0.15) is 0 Å². The Labute approximate surface area is 190 Å². The van der Waals surface area contributed by atoms with E-state index in [0.717, 1.165) is 18.2 Å². The summed E-state index contributed by atoms with van der Waals surface area (Å²) in [7, 11) is 0. The van der Waals surface area contributed by atoms with E-state index >= 15 is 4.39 Å². The van der Waals surface area contributed by atoms with E-state index in [1.807, 2.05) is 13.8 Å². The first kappa shape index (κ1) is 23.3. The molecule has 1 saturated heterocycles. The fraction of sp³-hybridized carbons (Fsp3) is 0.440. The summed E-state index contributed by atoms with van der Waals surface area (Å²) in [5.41, 5.74) is -0.330. The maximum Gasteiger partial charge on any atom is 0.246 e. The van der Waals surface area contributed by atoms with Gasteiger partial charge in [-0.1, -0.05) is 25.1 Å². The highest BCUT2D eigenvalue weighted by Gasteiger charge is 2.57. The fourth-order valence-electron chi connectivity index (χ4n) is 5.42. The molecule has 1 aliphatic carbocycles. The van der Waals surface area contributed by atoms with E-state index in [0.29, 0.717) is 18.5 Å². The minimum atomic E-state index is -0.807. The third-order valence-electron chi connectivity index (χ3n) is 6.96. The largest absolute Gasteiger partial charge is 0.369 e. The van der Waals surface area contributed by atoms with Crippen LogP contribution in [0.3, 0.4) is 0 Å². The first-order valence-corrected chi connectivity index (χ1v) is 11.2. The topological polar surface area (TPSA) is 67.4 Å². The summed E-state index contributed by atoms with van der Waals surface area (Å²) >= 11 is 0. The molecule has 2 fully saturated rings. The maximum atomic E-state index is 15.6. The van der Waals surface area contributed by atoms with E-state index in [1.54, 1.807) is 12.1 Å². The van der Waals surface area contributed by atoms with E-state index < -0.39 is 34.8 Å². The van der Waals surface area contributed by atoms with Crippen LogP contribution in [0.1, 0.15) is 25.8 Å². The molecule has 2 N–H and O–H groups in total. The van der Waals surface area contributed by atoms with E-state index in [4.69, 9.17) is 4.74 Å². The fourth-order valence-corrected chi connectivity index (χ4v) is 5.42. The van der Waals surface area contributed by atoms with Crippen LogP contribution in [0.5, 0.6) is 0 Å². The maximum absolute atomic E-state index is 15.6. The molecular weight excluding hydrogens is 433 g/mol. The van der Waals surface area contributed by atoms with Gasteiger partial charge in [0.2, 0.25) is 11.8 Å². The Kier molecular flexibility index (Phi) is 6.47. The normalized spacial score (nSPS) is 26.9. The molecule has 0 radical (unpaired) electrons. The first-order chi connectivity index (χ1) is 15.7. The number of morpholine rings is 1. The Bertz CT molecular complexity index is 1060. The van der Waals surface area contributed by atoms with Crippen LogP contribution in [0.4, 0.5) is 13.2 Å². The molecule has 0 aromatic heterocycles. The minimum Gasteiger partial charge on any atom is -0.369 e. The smallest absolute Gasteiger partial charge is 0.246 e. The molecule has 4 atom stereocenters. The molecule has 1 aliphatic heterocycles. The second kappa shape index (κ2) is 9.17. The Hall–Kier alpha value is -2.87. The van der Waals surface area contributed by atoms with Gasteiger partial charge in [0.1, 0.15) is 24.1 Å². The number of benzene rings is 2. The van der Waals surface area contributed by atoms with Crippen molar-refractivity contribution in [1.82, 2.24) is 10.6 Å². The van der Waals surface area contributed by atoms with Crippen LogP contribution >= 0.6 is 0 Å².